The van der Waals surface area contributed by atoms with E-state index in [-0.39, 0.29) is 12.2 Å². The number of nitrogens with one attached hydrogen (secondary N) is 2. The molecule has 1 saturated heterocycles. The molecule has 0 bridgehead atoms. The third kappa shape index (κ3) is 4.51. The van der Waals surface area contributed by atoms with E-state index in [0.717, 1.165) is 13.1 Å². The van der Waals surface area contributed by atoms with Crippen LogP contribution in [0.25, 0.3) is 0 Å². The zero-order valence-corrected chi connectivity index (χ0v) is 9.88. The summed E-state index contributed by atoms with van der Waals surface area (Å²) >= 11 is 0. The third-order valence-electron chi connectivity index (χ3n) is 2.84. The van der Waals surface area contributed by atoms with Crippen LogP contribution in [0.3, 0.4) is 0 Å². The summed E-state index contributed by atoms with van der Waals surface area (Å²) in [5, 5.41) is 6.15. The lowest BCUT2D eigenvalue weighted by Crippen LogP contribution is -2.42. The lowest BCUT2D eigenvalue weighted by atomic mass is 9.88. The van der Waals surface area contributed by atoms with Gasteiger partial charge in [0.15, 0.2) is 0 Å². The highest BCUT2D eigenvalue weighted by atomic mass is 16.6. The minimum atomic E-state index is -0.303. The fourth-order valence-corrected chi connectivity index (χ4v) is 1.80. The highest BCUT2D eigenvalue weighted by Crippen LogP contribution is 2.17. The van der Waals surface area contributed by atoms with Crippen LogP contribution in [-0.2, 0) is 4.74 Å². The van der Waals surface area contributed by atoms with E-state index in [1.165, 1.54) is 6.42 Å². The molecule has 0 aromatic rings. The van der Waals surface area contributed by atoms with Crippen molar-refractivity contribution in [3.8, 4) is 0 Å². The molecule has 1 aliphatic heterocycles. The van der Waals surface area contributed by atoms with Gasteiger partial charge in [-0.2, -0.15) is 0 Å². The van der Waals surface area contributed by atoms with Crippen LogP contribution < -0.4 is 10.6 Å². The first-order valence-corrected chi connectivity index (χ1v) is 5.74. The van der Waals surface area contributed by atoms with Gasteiger partial charge >= 0.3 is 6.09 Å². The number of alkyl carbamates (subject to hydrolysis) is 1. The fourth-order valence-electron chi connectivity index (χ4n) is 1.80. The van der Waals surface area contributed by atoms with Crippen LogP contribution in [0.5, 0.6) is 0 Å². The molecule has 2 atom stereocenters. The Hall–Kier alpha value is -0.770. The van der Waals surface area contributed by atoms with E-state index in [4.69, 9.17) is 4.74 Å². The Balaban J connectivity index is 2.20. The van der Waals surface area contributed by atoms with Crippen molar-refractivity contribution >= 4 is 6.09 Å². The Bertz CT molecular complexity index is 207. The SMILES string of the molecule is CC(C)OC(=O)NCC1CNCCC1C. The fraction of sp³-hybridized carbons (Fsp3) is 0.909. The number of rotatable bonds is 3. The van der Waals surface area contributed by atoms with Crippen molar-refractivity contribution < 1.29 is 9.53 Å². The topological polar surface area (TPSA) is 50.4 Å². The molecule has 88 valence electrons. The Kier molecular flexibility index (Phi) is 4.88. The molecule has 4 heteroatoms. The summed E-state index contributed by atoms with van der Waals surface area (Å²) in [5.74, 6) is 1.20. The maximum atomic E-state index is 11.2. The standard InChI is InChI=1S/C11H22N2O2/c1-8(2)15-11(14)13-7-10-6-12-5-4-9(10)3/h8-10,12H,4-7H2,1-3H3,(H,13,14). The Morgan fingerprint density at radius 1 is 1.60 bits per heavy atom. The monoisotopic (exact) mass is 214 g/mol. The largest absolute Gasteiger partial charge is 0.447 e. The van der Waals surface area contributed by atoms with Crippen molar-refractivity contribution in [3.05, 3.63) is 0 Å². The average molecular weight is 214 g/mol. The van der Waals surface area contributed by atoms with Crippen molar-refractivity contribution in [2.24, 2.45) is 11.8 Å². The van der Waals surface area contributed by atoms with Gasteiger partial charge in [0.25, 0.3) is 0 Å². The third-order valence-corrected chi connectivity index (χ3v) is 2.84. The molecular formula is C11H22N2O2. The first-order chi connectivity index (χ1) is 7.09. The summed E-state index contributed by atoms with van der Waals surface area (Å²) < 4.78 is 5.01. The quantitative estimate of drug-likeness (QED) is 0.746. The predicted molar refractivity (Wildman–Crippen MR) is 59.8 cm³/mol. The molecule has 4 nitrogen and oxygen atoms in total. The van der Waals surface area contributed by atoms with E-state index in [2.05, 4.69) is 17.6 Å². The van der Waals surface area contributed by atoms with Gasteiger partial charge in [-0.1, -0.05) is 6.92 Å². The number of amides is 1. The van der Waals surface area contributed by atoms with E-state index >= 15 is 0 Å². The molecule has 0 radical (unpaired) electrons. The minimum Gasteiger partial charge on any atom is -0.447 e. The van der Waals surface area contributed by atoms with E-state index in [0.29, 0.717) is 18.4 Å². The van der Waals surface area contributed by atoms with Gasteiger partial charge in [-0.25, -0.2) is 4.79 Å². The number of ether oxygens (including phenoxy) is 1. The number of carbonyl (C=O) groups is 1. The summed E-state index contributed by atoms with van der Waals surface area (Å²) in [4.78, 5) is 11.2. The molecule has 1 rings (SSSR count). The van der Waals surface area contributed by atoms with Gasteiger partial charge < -0.3 is 15.4 Å². The number of hydrogen-bond donors (Lipinski definition) is 2. The molecular weight excluding hydrogens is 192 g/mol. The average Bonchev–Trinajstić information content (AvgIpc) is 2.15. The lowest BCUT2D eigenvalue weighted by molar-refractivity contribution is 0.112. The Labute approximate surface area is 91.8 Å². The second-order valence-electron chi connectivity index (χ2n) is 4.57. The molecule has 0 aromatic heterocycles. The highest BCUT2D eigenvalue weighted by Gasteiger charge is 2.21. The smallest absolute Gasteiger partial charge is 0.407 e. The van der Waals surface area contributed by atoms with E-state index in [9.17, 15) is 4.79 Å². The molecule has 0 saturated carbocycles. The zero-order valence-electron chi connectivity index (χ0n) is 9.88. The van der Waals surface area contributed by atoms with E-state index in [1.54, 1.807) is 0 Å². The van der Waals surface area contributed by atoms with Gasteiger partial charge in [-0.15, -0.1) is 0 Å². The molecule has 2 N–H and O–H groups in total. The second-order valence-corrected chi connectivity index (χ2v) is 4.57. The maximum Gasteiger partial charge on any atom is 0.407 e. The van der Waals surface area contributed by atoms with Gasteiger partial charge in [0.05, 0.1) is 6.10 Å². The van der Waals surface area contributed by atoms with Crippen LogP contribution in [0, 0.1) is 11.8 Å². The Morgan fingerprint density at radius 2 is 2.33 bits per heavy atom. The van der Waals surface area contributed by atoms with Gasteiger partial charge in [0, 0.05) is 6.54 Å². The summed E-state index contributed by atoms with van der Waals surface area (Å²) in [5.41, 5.74) is 0. The van der Waals surface area contributed by atoms with Crippen LogP contribution in [-0.4, -0.2) is 31.8 Å². The second kappa shape index (κ2) is 5.95. The number of hydrogen-bond acceptors (Lipinski definition) is 3. The number of carbonyl (C=O) groups excluding carboxylic acids is 1. The lowest BCUT2D eigenvalue weighted by Gasteiger charge is -2.29. The minimum absolute atomic E-state index is 0.0492. The predicted octanol–water partition coefficient (Wildman–Crippen LogP) is 1.37. The van der Waals surface area contributed by atoms with E-state index in [1.807, 2.05) is 13.8 Å². The summed E-state index contributed by atoms with van der Waals surface area (Å²) in [7, 11) is 0. The highest BCUT2D eigenvalue weighted by molar-refractivity contribution is 5.67. The molecule has 0 aliphatic carbocycles. The first-order valence-electron chi connectivity index (χ1n) is 5.74. The normalized spacial score (nSPS) is 26.4. The van der Waals surface area contributed by atoms with Crippen LogP contribution in [0.15, 0.2) is 0 Å². The maximum absolute atomic E-state index is 11.2. The summed E-state index contributed by atoms with van der Waals surface area (Å²) in [6.07, 6.45) is 0.834. The van der Waals surface area contributed by atoms with Gasteiger partial charge in [-0.3, -0.25) is 0 Å². The first kappa shape index (κ1) is 12.3. The van der Waals surface area contributed by atoms with Gasteiger partial charge in [-0.05, 0) is 45.2 Å². The van der Waals surface area contributed by atoms with Crippen molar-refractivity contribution in [1.29, 1.82) is 0 Å². The van der Waals surface area contributed by atoms with Crippen LogP contribution in [0.2, 0.25) is 0 Å². The molecule has 1 heterocycles. The number of piperidine rings is 1. The van der Waals surface area contributed by atoms with E-state index < -0.39 is 0 Å². The van der Waals surface area contributed by atoms with Crippen molar-refractivity contribution in [3.63, 3.8) is 0 Å². The van der Waals surface area contributed by atoms with Crippen LogP contribution in [0.4, 0.5) is 4.79 Å². The Morgan fingerprint density at radius 3 is 2.93 bits per heavy atom. The summed E-state index contributed by atoms with van der Waals surface area (Å²) in [6, 6.07) is 0. The molecule has 0 spiro atoms. The molecule has 1 aliphatic rings. The molecule has 1 amide bonds. The van der Waals surface area contributed by atoms with Crippen LogP contribution in [0.1, 0.15) is 27.2 Å². The molecule has 2 unspecified atom stereocenters. The molecule has 0 aromatic carbocycles. The van der Waals surface area contributed by atoms with Gasteiger partial charge in [0.1, 0.15) is 0 Å². The van der Waals surface area contributed by atoms with Crippen molar-refractivity contribution in [1.82, 2.24) is 10.6 Å². The van der Waals surface area contributed by atoms with Crippen LogP contribution >= 0.6 is 0 Å². The van der Waals surface area contributed by atoms with Gasteiger partial charge in [0.2, 0.25) is 0 Å². The van der Waals surface area contributed by atoms with Crippen molar-refractivity contribution in [2.75, 3.05) is 19.6 Å². The molecule has 15 heavy (non-hydrogen) atoms. The van der Waals surface area contributed by atoms with Crippen molar-refractivity contribution in [2.45, 2.75) is 33.3 Å². The molecule has 1 fully saturated rings. The zero-order chi connectivity index (χ0) is 11.3. The summed E-state index contributed by atoms with van der Waals surface area (Å²) in [6.45, 7) is 8.73.